The van der Waals surface area contributed by atoms with Crippen molar-refractivity contribution in [2.75, 3.05) is 0 Å². The molecule has 0 aliphatic carbocycles. The number of nitrogens with one attached hydrogen (secondary N) is 1. The zero-order valence-electron chi connectivity index (χ0n) is 6.00. The van der Waals surface area contributed by atoms with Crippen LogP contribution in [0.5, 0.6) is 0 Å². The van der Waals surface area contributed by atoms with Gasteiger partial charge in [0.05, 0.1) is 0 Å². The fourth-order valence-electron chi connectivity index (χ4n) is 0.518. The third-order valence-corrected chi connectivity index (χ3v) is 0.906. The first-order chi connectivity index (χ1) is 4.66. The van der Waals surface area contributed by atoms with Crippen molar-refractivity contribution in [2.24, 2.45) is 5.73 Å². The molecule has 0 saturated carbocycles. The van der Waals surface area contributed by atoms with Crippen molar-refractivity contribution in [3.05, 3.63) is 24.8 Å². The highest BCUT2D eigenvalue weighted by molar-refractivity contribution is 5.72. The van der Waals surface area contributed by atoms with Crippen molar-refractivity contribution >= 4 is 6.03 Å². The van der Waals surface area contributed by atoms with Gasteiger partial charge >= 0.3 is 6.03 Å². The zero-order valence-corrected chi connectivity index (χ0v) is 6.00. The lowest BCUT2D eigenvalue weighted by Gasteiger charge is -2.04. The first-order valence-corrected chi connectivity index (χ1v) is 3.02. The maximum absolute atomic E-state index is 10.2. The number of urea groups is 1. The van der Waals surface area contributed by atoms with Gasteiger partial charge < -0.3 is 11.1 Å². The number of rotatable bonds is 3. The number of allylic oxidation sites excluding steroid dienone is 2. The Morgan fingerprint density at radius 2 is 2.40 bits per heavy atom. The van der Waals surface area contributed by atoms with E-state index in [0.717, 1.165) is 0 Å². The van der Waals surface area contributed by atoms with Crippen LogP contribution in [0, 0.1) is 0 Å². The Labute approximate surface area is 60.6 Å². The summed E-state index contributed by atoms with van der Waals surface area (Å²) in [5, 5.41) is 2.48. The van der Waals surface area contributed by atoms with E-state index in [0.29, 0.717) is 0 Å². The van der Waals surface area contributed by atoms with Gasteiger partial charge in [0.15, 0.2) is 0 Å². The van der Waals surface area contributed by atoms with Gasteiger partial charge in [0, 0.05) is 6.04 Å². The van der Waals surface area contributed by atoms with Crippen LogP contribution < -0.4 is 11.1 Å². The van der Waals surface area contributed by atoms with Gasteiger partial charge in [-0.2, -0.15) is 0 Å². The maximum Gasteiger partial charge on any atom is 0.312 e. The summed E-state index contributed by atoms with van der Waals surface area (Å²) in [6.45, 7) is 5.31. The van der Waals surface area contributed by atoms with Gasteiger partial charge in [-0.15, -0.1) is 0 Å². The monoisotopic (exact) mass is 140 g/mol. The average Bonchev–Trinajstić information content (AvgIpc) is 1.82. The van der Waals surface area contributed by atoms with Crippen LogP contribution >= 0.6 is 0 Å². The summed E-state index contributed by atoms with van der Waals surface area (Å²) in [5.74, 6) is 0. The predicted molar refractivity (Wildman–Crippen MR) is 41.5 cm³/mol. The van der Waals surface area contributed by atoms with Crippen LogP contribution in [-0.4, -0.2) is 12.1 Å². The summed E-state index contributed by atoms with van der Waals surface area (Å²) in [6.07, 6.45) is 5.18. The molecule has 0 radical (unpaired) electrons. The van der Waals surface area contributed by atoms with Crippen molar-refractivity contribution in [1.82, 2.24) is 5.32 Å². The minimum absolute atomic E-state index is 0.0319. The predicted octanol–water partition coefficient (Wildman–Crippen LogP) is 0.785. The molecule has 0 rings (SSSR count). The number of carbonyl (C=O) groups is 1. The smallest absolute Gasteiger partial charge is 0.312 e. The summed E-state index contributed by atoms with van der Waals surface area (Å²) < 4.78 is 0. The number of primary amides is 1. The summed E-state index contributed by atoms with van der Waals surface area (Å²) >= 11 is 0. The van der Waals surface area contributed by atoms with Crippen LogP contribution in [0.15, 0.2) is 24.8 Å². The molecule has 0 saturated heterocycles. The lowest BCUT2D eigenvalue weighted by atomic mass is 10.3. The van der Waals surface area contributed by atoms with E-state index in [1.165, 1.54) is 0 Å². The molecule has 0 aliphatic heterocycles. The molecular formula is C7H12N2O. The Morgan fingerprint density at radius 1 is 1.80 bits per heavy atom. The van der Waals surface area contributed by atoms with Crippen LogP contribution in [0.1, 0.15) is 6.92 Å². The van der Waals surface area contributed by atoms with Gasteiger partial charge in [-0.05, 0) is 6.92 Å². The molecule has 56 valence electrons. The molecular weight excluding hydrogens is 128 g/mol. The highest BCUT2D eigenvalue weighted by Crippen LogP contribution is 1.83. The van der Waals surface area contributed by atoms with E-state index < -0.39 is 6.03 Å². The van der Waals surface area contributed by atoms with Crippen molar-refractivity contribution in [3.8, 4) is 0 Å². The number of amides is 2. The Balaban J connectivity index is 3.62. The van der Waals surface area contributed by atoms with Crippen molar-refractivity contribution in [1.29, 1.82) is 0 Å². The van der Waals surface area contributed by atoms with Crippen LogP contribution in [0.2, 0.25) is 0 Å². The SMILES string of the molecule is C=C/C=C\[C@@H](C)NC(N)=O. The molecule has 0 aromatic heterocycles. The van der Waals surface area contributed by atoms with Crippen LogP contribution in [0.3, 0.4) is 0 Å². The van der Waals surface area contributed by atoms with Gasteiger partial charge in [-0.3, -0.25) is 0 Å². The minimum Gasteiger partial charge on any atom is -0.352 e. The molecule has 0 heterocycles. The van der Waals surface area contributed by atoms with Gasteiger partial charge in [-0.25, -0.2) is 4.79 Å². The van der Waals surface area contributed by atoms with Gasteiger partial charge in [-0.1, -0.05) is 24.8 Å². The zero-order chi connectivity index (χ0) is 7.98. The first kappa shape index (κ1) is 8.75. The molecule has 0 aromatic rings. The topological polar surface area (TPSA) is 55.1 Å². The second-order valence-electron chi connectivity index (χ2n) is 1.92. The Morgan fingerprint density at radius 3 is 2.80 bits per heavy atom. The fraction of sp³-hybridized carbons (Fsp3) is 0.286. The highest BCUT2D eigenvalue weighted by Gasteiger charge is 1.95. The molecule has 3 N–H and O–H groups in total. The van der Waals surface area contributed by atoms with Crippen LogP contribution in [-0.2, 0) is 0 Å². The van der Waals surface area contributed by atoms with E-state index in [2.05, 4.69) is 11.9 Å². The standard InChI is InChI=1S/C7H12N2O/c1-3-4-5-6(2)9-7(8)10/h3-6H,1H2,2H3,(H3,8,9,10)/b5-4-/t6-/m1/s1. The normalized spacial score (nSPS) is 12.9. The summed E-state index contributed by atoms with van der Waals surface area (Å²) in [5.41, 5.74) is 4.86. The van der Waals surface area contributed by atoms with Crippen molar-refractivity contribution in [2.45, 2.75) is 13.0 Å². The van der Waals surface area contributed by atoms with Gasteiger partial charge in [0.25, 0.3) is 0 Å². The second kappa shape index (κ2) is 4.61. The summed E-state index contributed by atoms with van der Waals surface area (Å²) in [7, 11) is 0. The molecule has 0 aromatic carbocycles. The molecule has 0 bridgehead atoms. The third kappa shape index (κ3) is 4.90. The molecule has 0 spiro atoms. The van der Waals surface area contributed by atoms with E-state index in [1.807, 2.05) is 6.92 Å². The number of hydrogen-bond donors (Lipinski definition) is 2. The third-order valence-electron chi connectivity index (χ3n) is 0.906. The van der Waals surface area contributed by atoms with E-state index in [1.54, 1.807) is 18.2 Å². The average molecular weight is 140 g/mol. The van der Waals surface area contributed by atoms with E-state index in [-0.39, 0.29) is 6.04 Å². The highest BCUT2D eigenvalue weighted by atomic mass is 16.2. The quantitative estimate of drug-likeness (QED) is 0.559. The molecule has 0 fully saturated rings. The van der Waals surface area contributed by atoms with E-state index >= 15 is 0 Å². The molecule has 1 atom stereocenters. The summed E-state index contributed by atoms with van der Waals surface area (Å²) in [6, 6.07) is -0.545. The van der Waals surface area contributed by atoms with Crippen molar-refractivity contribution < 1.29 is 4.79 Å². The summed E-state index contributed by atoms with van der Waals surface area (Å²) in [4.78, 5) is 10.2. The molecule has 2 amide bonds. The van der Waals surface area contributed by atoms with Crippen LogP contribution in [0.4, 0.5) is 4.79 Å². The van der Waals surface area contributed by atoms with Crippen molar-refractivity contribution in [3.63, 3.8) is 0 Å². The molecule has 10 heavy (non-hydrogen) atoms. The minimum atomic E-state index is -0.513. The molecule has 0 unspecified atom stereocenters. The largest absolute Gasteiger partial charge is 0.352 e. The van der Waals surface area contributed by atoms with Gasteiger partial charge in [0.1, 0.15) is 0 Å². The first-order valence-electron chi connectivity index (χ1n) is 3.02. The lowest BCUT2D eigenvalue weighted by molar-refractivity contribution is 0.247. The van der Waals surface area contributed by atoms with E-state index in [4.69, 9.17) is 5.73 Å². The number of nitrogens with two attached hydrogens (primary N) is 1. The number of carbonyl (C=O) groups excluding carboxylic acids is 1. The maximum atomic E-state index is 10.2. The van der Waals surface area contributed by atoms with Gasteiger partial charge in [0.2, 0.25) is 0 Å². The van der Waals surface area contributed by atoms with E-state index in [9.17, 15) is 4.79 Å². The molecule has 3 nitrogen and oxygen atoms in total. The lowest BCUT2D eigenvalue weighted by Crippen LogP contribution is -2.35. The Hall–Kier alpha value is -1.25. The fourth-order valence-corrected chi connectivity index (χ4v) is 0.518. The second-order valence-corrected chi connectivity index (χ2v) is 1.92. The Kier molecular flexibility index (Phi) is 4.04. The molecule has 3 heteroatoms. The number of hydrogen-bond acceptors (Lipinski definition) is 1. The van der Waals surface area contributed by atoms with Crippen LogP contribution in [0.25, 0.3) is 0 Å². The molecule has 0 aliphatic rings. The Bertz CT molecular complexity index is 152.